The Kier molecular flexibility index (Phi) is 6.13. The molecule has 0 aliphatic heterocycles. The Labute approximate surface area is 176 Å². The number of nitrogens with one attached hydrogen (secondary N) is 1. The number of rotatable bonds is 6. The lowest BCUT2D eigenvalue weighted by molar-refractivity contribution is -0.387. The highest BCUT2D eigenvalue weighted by Gasteiger charge is 2.22. The number of thioether (sulfide) groups is 1. The van der Waals surface area contributed by atoms with Crippen LogP contribution in [0.15, 0.2) is 52.1 Å². The van der Waals surface area contributed by atoms with Gasteiger partial charge in [-0.2, -0.15) is 4.39 Å². The fourth-order valence-corrected chi connectivity index (χ4v) is 3.60. The predicted molar refractivity (Wildman–Crippen MR) is 110 cm³/mol. The Hall–Kier alpha value is -2.99. The van der Waals surface area contributed by atoms with Gasteiger partial charge in [-0.1, -0.05) is 39.8 Å². The molecule has 3 aromatic rings. The van der Waals surface area contributed by atoms with Crippen molar-refractivity contribution < 1.29 is 14.1 Å². The van der Waals surface area contributed by atoms with Crippen LogP contribution in [0.5, 0.6) is 0 Å². The first kappa shape index (κ1) is 20.7. The number of hydrogen-bond donors (Lipinski definition) is 2. The summed E-state index contributed by atoms with van der Waals surface area (Å²) in [6.45, 7) is 1.62. The first-order valence-electron chi connectivity index (χ1n) is 8.14. The van der Waals surface area contributed by atoms with Gasteiger partial charge in [0.05, 0.1) is 10.2 Å². The Morgan fingerprint density at radius 2 is 2.07 bits per heavy atom. The molecule has 1 aromatic heterocycles. The molecule has 9 nitrogen and oxygen atoms in total. The molecule has 0 saturated carbocycles. The second-order valence-corrected chi connectivity index (χ2v) is 7.99. The van der Waals surface area contributed by atoms with Crippen molar-refractivity contribution in [1.82, 2.24) is 14.9 Å². The Bertz CT molecular complexity index is 1090. The highest BCUT2D eigenvalue weighted by molar-refractivity contribution is 9.10. The fourth-order valence-electron chi connectivity index (χ4n) is 2.37. The monoisotopic (exact) mass is 480 g/mol. The summed E-state index contributed by atoms with van der Waals surface area (Å²) in [4.78, 5) is 22.4. The maximum Gasteiger partial charge on any atom is 0.306 e. The van der Waals surface area contributed by atoms with Gasteiger partial charge in [0.2, 0.25) is 16.9 Å². The van der Waals surface area contributed by atoms with E-state index >= 15 is 0 Å². The summed E-state index contributed by atoms with van der Waals surface area (Å²) < 4.78 is 15.5. The van der Waals surface area contributed by atoms with E-state index in [9.17, 15) is 19.3 Å². The van der Waals surface area contributed by atoms with Crippen LogP contribution in [0.25, 0.3) is 11.4 Å². The second-order valence-electron chi connectivity index (χ2n) is 5.83. The van der Waals surface area contributed by atoms with Gasteiger partial charge in [-0.15, -0.1) is 10.2 Å². The van der Waals surface area contributed by atoms with Gasteiger partial charge >= 0.3 is 5.69 Å². The maximum atomic E-state index is 13.4. The molecule has 1 unspecified atom stereocenters. The zero-order chi connectivity index (χ0) is 21.1. The standard InChI is InChI=1S/C17H14BrFN6O3S/c1-9(16(26)21-10-6-7-13(19)14(8-10)25(27)28)29-17-23-22-15(24(17)20)11-4-2-3-5-12(11)18/h2-9H,20H2,1H3,(H,21,26). The van der Waals surface area contributed by atoms with Gasteiger partial charge in [-0.25, -0.2) is 4.68 Å². The highest BCUT2D eigenvalue weighted by atomic mass is 79.9. The fraction of sp³-hybridized carbons (Fsp3) is 0.118. The molecule has 0 aliphatic rings. The van der Waals surface area contributed by atoms with Gasteiger partial charge in [-0.3, -0.25) is 14.9 Å². The van der Waals surface area contributed by atoms with Crippen molar-refractivity contribution in [1.29, 1.82) is 0 Å². The number of nitrogens with two attached hydrogens (primary N) is 1. The van der Waals surface area contributed by atoms with Crippen LogP contribution in [0.4, 0.5) is 15.8 Å². The molecule has 1 atom stereocenters. The molecule has 1 heterocycles. The highest BCUT2D eigenvalue weighted by Crippen LogP contribution is 2.30. The van der Waals surface area contributed by atoms with Crippen LogP contribution in [-0.2, 0) is 4.79 Å². The van der Waals surface area contributed by atoms with Gasteiger partial charge in [0.25, 0.3) is 0 Å². The number of nitro benzene ring substituents is 1. The largest absolute Gasteiger partial charge is 0.335 e. The van der Waals surface area contributed by atoms with Crippen LogP contribution in [0.3, 0.4) is 0 Å². The van der Waals surface area contributed by atoms with Crippen molar-refractivity contribution in [3.63, 3.8) is 0 Å². The minimum absolute atomic E-state index is 0.110. The number of nitrogens with zero attached hydrogens (tertiary/aromatic N) is 4. The SMILES string of the molecule is CC(Sc1nnc(-c2ccccc2Br)n1N)C(=O)Nc1ccc(F)c([N+](=O)[O-])c1. The van der Waals surface area contributed by atoms with E-state index in [1.807, 2.05) is 24.3 Å². The van der Waals surface area contributed by atoms with Crippen LogP contribution >= 0.6 is 27.7 Å². The number of carbonyl (C=O) groups excluding carboxylic acids is 1. The van der Waals surface area contributed by atoms with E-state index in [2.05, 4.69) is 31.4 Å². The summed E-state index contributed by atoms with van der Waals surface area (Å²) in [7, 11) is 0. The molecule has 3 rings (SSSR count). The number of benzene rings is 2. The topological polar surface area (TPSA) is 129 Å². The zero-order valence-electron chi connectivity index (χ0n) is 14.9. The minimum Gasteiger partial charge on any atom is -0.335 e. The molecule has 0 bridgehead atoms. The molecule has 0 radical (unpaired) electrons. The van der Waals surface area contributed by atoms with Crippen LogP contribution in [-0.4, -0.2) is 31.0 Å². The van der Waals surface area contributed by atoms with Crippen molar-refractivity contribution >= 4 is 45.0 Å². The third-order valence-corrected chi connectivity index (χ3v) is 5.59. The Morgan fingerprint density at radius 1 is 1.34 bits per heavy atom. The lowest BCUT2D eigenvalue weighted by Crippen LogP contribution is -2.23. The lowest BCUT2D eigenvalue weighted by Gasteiger charge is -2.12. The third-order valence-electron chi connectivity index (χ3n) is 3.84. The number of aromatic nitrogens is 3. The van der Waals surface area contributed by atoms with Crippen LogP contribution in [0.2, 0.25) is 0 Å². The minimum atomic E-state index is -0.980. The van der Waals surface area contributed by atoms with Crippen molar-refractivity contribution in [3.8, 4) is 11.4 Å². The van der Waals surface area contributed by atoms with Gasteiger partial charge in [0, 0.05) is 21.8 Å². The van der Waals surface area contributed by atoms with E-state index in [4.69, 9.17) is 5.84 Å². The van der Waals surface area contributed by atoms with Crippen molar-refractivity contribution in [2.45, 2.75) is 17.3 Å². The predicted octanol–water partition coefficient (Wildman–Crippen LogP) is 3.59. The number of nitrogen functional groups attached to an aromatic ring is 1. The first-order valence-corrected chi connectivity index (χ1v) is 9.82. The molecule has 1 amide bonds. The quantitative estimate of drug-likeness (QED) is 0.238. The van der Waals surface area contributed by atoms with E-state index in [-0.39, 0.29) is 5.69 Å². The molecule has 0 fully saturated rings. The van der Waals surface area contributed by atoms with Gasteiger partial charge < -0.3 is 11.2 Å². The summed E-state index contributed by atoms with van der Waals surface area (Å²) >= 11 is 4.49. The summed E-state index contributed by atoms with van der Waals surface area (Å²) in [5.41, 5.74) is 0.131. The number of hydrogen-bond acceptors (Lipinski definition) is 7. The molecule has 12 heteroatoms. The first-order chi connectivity index (χ1) is 13.8. The number of nitro groups is 1. The smallest absolute Gasteiger partial charge is 0.306 e. The molecule has 0 spiro atoms. The number of anilines is 1. The van der Waals surface area contributed by atoms with Crippen molar-refractivity contribution in [3.05, 3.63) is 62.9 Å². The molecule has 29 heavy (non-hydrogen) atoms. The molecular formula is C17H14BrFN6O3S. The summed E-state index contributed by atoms with van der Waals surface area (Å²) in [5.74, 6) is 5.06. The third kappa shape index (κ3) is 4.54. The average Bonchev–Trinajstić information content (AvgIpc) is 3.03. The summed E-state index contributed by atoms with van der Waals surface area (Å²) in [6, 6.07) is 10.5. The summed E-state index contributed by atoms with van der Waals surface area (Å²) in [6.07, 6.45) is 0. The zero-order valence-corrected chi connectivity index (χ0v) is 17.3. The van der Waals surface area contributed by atoms with E-state index in [0.29, 0.717) is 11.0 Å². The second kappa shape index (κ2) is 8.57. The van der Waals surface area contributed by atoms with Gasteiger partial charge in [0.15, 0.2) is 5.82 Å². The Morgan fingerprint density at radius 3 is 2.76 bits per heavy atom. The van der Waals surface area contributed by atoms with Crippen LogP contribution in [0.1, 0.15) is 6.92 Å². The number of amides is 1. The molecule has 150 valence electrons. The van der Waals surface area contributed by atoms with Crippen molar-refractivity contribution in [2.24, 2.45) is 0 Å². The van der Waals surface area contributed by atoms with Gasteiger partial charge in [-0.05, 0) is 31.2 Å². The van der Waals surface area contributed by atoms with Gasteiger partial charge in [0.1, 0.15) is 0 Å². The van der Waals surface area contributed by atoms with E-state index in [1.54, 1.807) is 6.92 Å². The molecular weight excluding hydrogens is 467 g/mol. The van der Waals surface area contributed by atoms with Crippen molar-refractivity contribution in [2.75, 3.05) is 11.2 Å². The number of carbonyl (C=O) groups is 1. The molecule has 3 N–H and O–H groups in total. The van der Waals surface area contributed by atoms with E-state index < -0.39 is 27.6 Å². The number of halogens is 2. The molecule has 0 saturated heterocycles. The maximum absolute atomic E-state index is 13.4. The Balaban J connectivity index is 1.73. The average molecular weight is 481 g/mol. The van der Waals surface area contributed by atoms with E-state index in [0.717, 1.165) is 33.9 Å². The molecule has 2 aromatic carbocycles. The van der Waals surface area contributed by atoms with E-state index in [1.165, 1.54) is 10.7 Å². The molecule has 0 aliphatic carbocycles. The summed E-state index contributed by atoms with van der Waals surface area (Å²) in [5, 5.41) is 21.1. The van der Waals surface area contributed by atoms with Crippen LogP contribution in [0, 0.1) is 15.9 Å². The lowest BCUT2D eigenvalue weighted by atomic mass is 10.2. The van der Waals surface area contributed by atoms with Crippen LogP contribution < -0.4 is 11.2 Å². The normalized spacial score (nSPS) is 11.8.